The Morgan fingerprint density at radius 1 is 0.346 bits per heavy atom. The summed E-state index contributed by atoms with van der Waals surface area (Å²) in [4.78, 5) is 0. The van der Waals surface area contributed by atoms with E-state index in [-0.39, 0.29) is 0 Å². The molecule has 0 saturated carbocycles. The van der Waals surface area contributed by atoms with Crippen LogP contribution in [0.2, 0.25) is 0 Å². The molecule has 0 heterocycles. The number of hydrogen-bond acceptors (Lipinski definition) is 0. The molecule has 0 bridgehead atoms. The molecule has 0 amide bonds. The fraction of sp³-hybridized carbons (Fsp3) is 1.00. The lowest BCUT2D eigenvalue weighted by atomic mass is 9.91. The summed E-state index contributed by atoms with van der Waals surface area (Å²) >= 11 is 0. The highest BCUT2D eigenvalue weighted by molar-refractivity contribution is 4.60. The van der Waals surface area contributed by atoms with E-state index in [2.05, 4.69) is 27.7 Å². The molecular formula is C26H54. The quantitative estimate of drug-likeness (QED) is 0.177. The predicted octanol–water partition coefficient (Wildman–Crippen LogP) is 10.1. The van der Waals surface area contributed by atoms with E-state index in [0.717, 1.165) is 11.8 Å². The maximum absolute atomic E-state index is 2.49. The lowest BCUT2D eigenvalue weighted by Gasteiger charge is -2.15. The van der Waals surface area contributed by atoms with Crippen LogP contribution in [0.5, 0.6) is 0 Å². The van der Waals surface area contributed by atoms with Crippen molar-refractivity contribution in [1.29, 1.82) is 0 Å². The molecule has 0 aromatic carbocycles. The van der Waals surface area contributed by atoms with Crippen LogP contribution in [0.15, 0.2) is 0 Å². The van der Waals surface area contributed by atoms with E-state index >= 15 is 0 Å². The summed E-state index contributed by atoms with van der Waals surface area (Å²) in [6, 6.07) is 0. The highest BCUT2D eigenvalue weighted by Gasteiger charge is 2.07. The largest absolute Gasteiger partial charge is 0.0654 e. The van der Waals surface area contributed by atoms with Crippen molar-refractivity contribution in [1.82, 2.24) is 0 Å². The van der Waals surface area contributed by atoms with Crippen LogP contribution in [0.1, 0.15) is 156 Å². The van der Waals surface area contributed by atoms with Crippen molar-refractivity contribution in [3.63, 3.8) is 0 Å². The minimum atomic E-state index is 0.955. The van der Waals surface area contributed by atoms with E-state index in [4.69, 9.17) is 0 Å². The van der Waals surface area contributed by atoms with Gasteiger partial charge in [-0.25, -0.2) is 0 Å². The standard InChI is InChI=1S/C26H54/c1-5-7-9-11-13-15-17-19-21-25(3)23-24-26(4)22-20-18-16-14-12-10-8-6-2/h25-26H,5-24H2,1-4H3. The Bertz CT molecular complexity index is 218. The van der Waals surface area contributed by atoms with Crippen LogP contribution in [-0.4, -0.2) is 0 Å². The minimum absolute atomic E-state index is 0.955. The first kappa shape index (κ1) is 26.0. The van der Waals surface area contributed by atoms with E-state index < -0.39 is 0 Å². The summed E-state index contributed by atoms with van der Waals surface area (Å²) in [7, 11) is 0. The highest BCUT2D eigenvalue weighted by Crippen LogP contribution is 2.22. The molecule has 2 atom stereocenters. The fourth-order valence-electron chi connectivity index (χ4n) is 4.11. The second-order valence-corrected chi connectivity index (χ2v) is 9.31. The third-order valence-corrected chi connectivity index (χ3v) is 6.25. The molecule has 0 aromatic heterocycles. The minimum Gasteiger partial charge on any atom is -0.0654 e. The molecule has 0 rings (SSSR count). The Labute approximate surface area is 168 Å². The monoisotopic (exact) mass is 366 g/mol. The van der Waals surface area contributed by atoms with Crippen molar-refractivity contribution >= 4 is 0 Å². The number of unbranched alkanes of at least 4 members (excludes halogenated alkanes) is 14. The van der Waals surface area contributed by atoms with Gasteiger partial charge in [-0.05, 0) is 11.8 Å². The molecule has 0 N–H and O–H groups in total. The number of hydrogen-bond donors (Lipinski definition) is 0. The summed E-state index contributed by atoms with van der Waals surface area (Å²) in [6.07, 6.45) is 29.2. The van der Waals surface area contributed by atoms with Crippen molar-refractivity contribution in [3.8, 4) is 0 Å². The molecule has 0 spiro atoms. The van der Waals surface area contributed by atoms with Crippen LogP contribution < -0.4 is 0 Å². The van der Waals surface area contributed by atoms with E-state index in [1.54, 1.807) is 0 Å². The summed E-state index contributed by atoms with van der Waals surface area (Å²) in [5.74, 6) is 1.91. The van der Waals surface area contributed by atoms with Crippen LogP contribution in [0.4, 0.5) is 0 Å². The first-order valence-electron chi connectivity index (χ1n) is 12.7. The van der Waals surface area contributed by atoms with Crippen molar-refractivity contribution in [2.24, 2.45) is 11.8 Å². The van der Waals surface area contributed by atoms with Gasteiger partial charge in [-0.2, -0.15) is 0 Å². The molecule has 0 radical (unpaired) electrons. The van der Waals surface area contributed by atoms with Gasteiger partial charge in [0.25, 0.3) is 0 Å². The van der Waals surface area contributed by atoms with Gasteiger partial charge in [0.1, 0.15) is 0 Å². The van der Waals surface area contributed by atoms with Gasteiger partial charge < -0.3 is 0 Å². The van der Waals surface area contributed by atoms with E-state index in [1.807, 2.05) is 0 Å². The normalized spacial score (nSPS) is 13.8. The molecule has 2 unspecified atom stereocenters. The van der Waals surface area contributed by atoms with Crippen LogP contribution in [0, 0.1) is 11.8 Å². The first-order chi connectivity index (χ1) is 12.7. The lowest BCUT2D eigenvalue weighted by molar-refractivity contribution is 0.377. The Morgan fingerprint density at radius 3 is 0.923 bits per heavy atom. The second kappa shape index (κ2) is 21.3. The van der Waals surface area contributed by atoms with E-state index in [9.17, 15) is 0 Å². The Morgan fingerprint density at radius 2 is 0.615 bits per heavy atom. The van der Waals surface area contributed by atoms with E-state index in [1.165, 1.54) is 128 Å². The van der Waals surface area contributed by atoms with Gasteiger partial charge in [-0.3, -0.25) is 0 Å². The van der Waals surface area contributed by atoms with Crippen molar-refractivity contribution in [2.45, 2.75) is 156 Å². The molecule has 0 nitrogen and oxygen atoms in total. The molecule has 0 saturated heterocycles. The average Bonchev–Trinajstić information content (AvgIpc) is 2.64. The summed E-state index contributed by atoms with van der Waals surface area (Å²) in [5.41, 5.74) is 0. The third-order valence-electron chi connectivity index (χ3n) is 6.25. The molecule has 0 heteroatoms. The smallest absolute Gasteiger partial charge is 0.0443 e. The van der Waals surface area contributed by atoms with Gasteiger partial charge in [0.05, 0.1) is 0 Å². The zero-order valence-corrected chi connectivity index (χ0v) is 19.3. The maximum Gasteiger partial charge on any atom is -0.0443 e. The first-order valence-corrected chi connectivity index (χ1v) is 12.7. The van der Waals surface area contributed by atoms with Crippen molar-refractivity contribution < 1.29 is 0 Å². The van der Waals surface area contributed by atoms with Gasteiger partial charge >= 0.3 is 0 Å². The van der Waals surface area contributed by atoms with Gasteiger partial charge in [0.15, 0.2) is 0 Å². The van der Waals surface area contributed by atoms with Crippen molar-refractivity contribution in [2.75, 3.05) is 0 Å². The summed E-state index contributed by atoms with van der Waals surface area (Å²) in [5, 5.41) is 0. The zero-order chi connectivity index (χ0) is 19.3. The van der Waals surface area contributed by atoms with E-state index in [0.29, 0.717) is 0 Å². The molecule has 0 aliphatic heterocycles. The third kappa shape index (κ3) is 20.3. The predicted molar refractivity (Wildman–Crippen MR) is 122 cm³/mol. The SMILES string of the molecule is CCCCCCCCCCC(C)CCC(C)CCCCCCCCCC. The second-order valence-electron chi connectivity index (χ2n) is 9.31. The van der Waals surface area contributed by atoms with Crippen LogP contribution in [-0.2, 0) is 0 Å². The van der Waals surface area contributed by atoms with Gasteiger partial charge in [0, 0.05) is 0 Å². The van der Waals surface area contributed by atoms with Crippen LogP contribution in [0.25, 0.3) is 0 Å². The molecule has 0 fully saturated rings. The molecule has 0 aliphatic carbocycles. The highest BCUT2D eigenvalue weighted by atomic mass is 14.1. The summed E-state index contributed by atoms with van der Waals surface area (Å²) < 4.78 is 0. The summed E-state index contributed by atoms with van der Waals surface area (Å²) in [6.45, 7) is 9.59. The Kier molecular flexibility index (Phi) is 21.3. The fourth-order valence-corrected chi connectivity index (χ4v) is 4.11. The van der Waals surface area contributed by atoms with Crippen LogP contribution >= 0.6 is 0 Å². The number of rotatable bonds is 21. The molecule has 158 valence electrons. The average molecular weight is 367 g/mol. The van der Waals surface area contributed by atoms with Crippen LogP contribution in [0.3, 0.4) is 0 Å². The molecular weight excluding hydrogens is 312 g/mol. The maximum atomic E-state index is 2.49. The lowest BCUT2D eigenvalue weighted by Crippen LogP contribution is -2.01. The Balaban J connectivity index is 3.30. The van der Waals surface area contributed by atoms with Gasteiger partial charge in [-0.15, -0.1) is 0 Å². The van der Waals surface area contributed by atoms with Gasteiger partial charge in [0.2, 0.25) is 0 Å². The molecule has 0 aromatic rings. The topological polar surface area (TPSA) is 0 Å². The zero-order valence-electron chi connectivity index (χ0n) is 19.3. The molecule has 0 aliphatic rings. The Hall–Kier alpha value is 0. The van der Waals surface area contributed by atoms with Gasteiger partial charge in [-0.1, -0.05) is 156 Å². The molecule has 26 heavy (non-hydrogen) atoms. The van der Waals surface area contributed by atoms with Crippen molar-refractivity contribution in [3.05, 3.63) is 0 Å².